The zero-order valence-electron chi connectivity index (χ0n) is 15.2. The first-order chi connectivity index (χ1) is 13.6. The second kappa shape index (κ2) is 6.38. The zero-order chi connectivity index (χ0) is 19.3. The topological polar surface area (TPSA) is 66.8 Å². The summed E-state index contributed by atoms with van der Waals surface area (Å²) in [5.74, 6) is 0.495. The lowest BCUT2D eigenvalue weighted by atomic mass is 10.1. The van der Waals surface area contributed by atoms with E-state index in [2.05, 4.69) is 32.8 Å². The Bertz CT molecular complexity index is 1310. The number of para-hydroxylation sites is 2. The lowest BCUT2D eigenvalue weighted by molar-refractivity contribution is 0.739. The molecule has 138 valence electrons. The third-order valence-electron chi connectivity index (χ3n) is 5.09. The maximum Gasteiger partial charge on any atom is 0.264 e. The van der Waals surface area contributed by atoms with Crippen molar-refractivity contribution in [3.05, 3.63) is 81.5 Å². The Kier molecular flexibility index (Phi) is 3.84. The summed E-state index contributed by atoms with van der Waals surface area (Å²) in [6, 6.07) is 18.0. The predicted molar refractivity (Wildman–Crippen MR) is 112 cm³/mol. The summed E-state index contributed by atoms with van der Waals surface area (Å²) in [7, 11) is 0. The van der Waals surface area contributed by atoms with Gasteiger partial charge in [0.25, 0.3) is 5.56 Å². The smallest absolute Gasteiger partial charge is 0.264 e. The SMILES string of the molecule is CC1Cc2ccccc2N1c1nc2ncn(-c3ccccc3)c(=S)c2c(=O)[nH]1. The lowest BCUT2D eigenvalue weighted by Crippen LogP contribution is -2.28. The summed E-state index contributed by atoms with van der Waals surface area (Å²) in [6.45, 7) is 2.12. The van der Waals surface area contributed by atoms with Gasteiger partial charge in [0.2, 0.25) is 5.95 Å². The Morgan fingerprint density at radius 3 is 2.68 bits per heavy atom. The van der Waals surface area contributed by atoms with Crippen molar-refractivity contribution in [2.45, 2.75) is 19.4 Å². The third-order valence-corrected chi connectivity index (χ3v) is 5.49. The zero-order valence-corrected chi connectivity index (χ0v) is 16.0. The van der Waals surface area contributed by atoms with Gasteiger partial charge in [-0.05, 0) is 37.1 Å². The van der Waals surface area contributed by atoms with Crippen LogP contribution in [0.4, 0.5) is 11.6 Å². The summed E-state index contributed by atoms with van der Waals surface area (Å²) in [4.78, 5) is 27.0. The molecule has 3 heterocycles. The number of aromatic amines is 1. The van der Waals surface area contributed by atoms with E-state index >= 15 is 0 Å². The first kappa shape index (κ1) is 16.8. The predicted octanol–water partition coefficient (Wildman–Crippen LogP) is 3.92. The summed E-state index contributed by atoms with van der Waals surface area (Å²) in [6.07, 6.45) is 2.53. The number of fused-ring (bicyclic) bond motifs is 2. The number of hydrogen-bond acceptors (Lipinski definition) is 5. The molecule has 4 aromatic rings. The van der Waals surface area contributed by atoms with Gasteiger partial charge in [-0.15, -0.1) is 0 Å². The van der Waals surface area contributed by atoms with Gasteiger partial charge in [0, 0.05) is 17.4 Å². The Balaban J connectivity index is 1.69. The molecule has 1 aliphatic heterocycles. The highest BCUT2D eigenvalue weighted by atomic mass is 32.1. The van der Waals surface area contributed by atoms with E-state index in [0.717, 1.165) is 17.8 Å². The van der Waals surface area contributed by atoms with Crippen molar-refractivity contribution in [2.75, 3.05) is 4.90 Å². The number of hydrogen-bond donors (Lipinski definition) is 1. The van der Waals surface area contributed by atoms with Crippen LogP contribution in [0.2, 0.25) is 0 Å². The van der Waals surface area contributed by atoms with E-state index in [4.69, 9.17) is 12.2 Å². The standard InChI is InChI=1S/C21H17N5OS/c1-13-11-14-7-5-6-10-16(14)26(13)21-23-18-17(19(27)24-21)20(28)25(12-22-18)15-8-3-2-4-9-15/h2-10,12-13H,11H2,1H3,(H,23,24,27). The van der Waals surface area contributed by atoms with E-state index in [9.17, 15) is 4.79 Å². The second-order valence-electron chi connectivity index (χ2n) is 6.90. The first-order valence-corrected chi connectivity index (χ1v) is 9.48. The van der Waals surface area contributed by atoms with E-state index in [1.807, 2.05) is 48.5 Å². The van der Waals surface area contributed by atoms with Crippen molar-refractivity contribution in [1.82, 2.24) is 19.5 Å². The van der Waals surface area contributed by atoms with Gasteiger partial charge in [0.15, 0.2) is 5.65 Å². The summed E-state index contributed by atoms with van der Waals surface area (Å²) in [5, 5.41) is 0.324. The van der Waals surface area contributed by atoms with Crippen LogP contribution in [-0.4, -0.2) is 25.6 Å². The second-order valence-corrected chi connectivity index (χ2v) is 7.28. The average molecular weight is 387 g/mol. The van der Waals surface area contributed by atoms with Gasteiger partial charge in [-0.3, -0.25) is 14.3 Å². The van der Waals surface area contributed by atoms with Crippen molar-refractivity contribution in [3.8, 4) is 5.69 Å². The van der Waals surface area contributed by atoms with Crippen molar-refractivity contribution < 1.29 is 0 Å². The molecule has 0 saturated heterocycles. The molecule has 2 aromatic heterocycles. The lowest BCUT2D eigenvalue weighted by Gasteiger charge is -2.23. The van der Waals surface area contributed by atoms with E-state index in [-0.39, 0.29) is 11.6 Å². The van der Waals surface area contributed by atoms with Crippen molar-refractivity contribution in [1.29, 1.82) is 0 Å². The van der Waals surface area contributed by atoms with Crippen molar-refractivity contribution in [3.63, 3.8) is 0 Å². The van der Waals surface area contributed by atoms with Crippen LogP contribution >= 0.6 is 12.2 Å². The van der Waals surface area contributed by atoms with Gasteiger partial charge in [-0.2, -0.15) is 4.98 Å². The maximum atomic E-state index is 12.9. The van der Waals surface area contributed by atoms with Crippen molar-refractivity contribution in [2.24, 2.45) is 0 Å². The minimum atomic E-state index is -0.278. The van der Waals surface area contributed by atoms with Crippen LogP contribution in [-0.2, 0) is 6.42 Å². The summed E-state index contributed by atoms with van der Waals surface area (Å²) >= 11 is 5.58. The number of nitrogens with one attached hydrogen (secondary N) is 1. The van der Waals surface area contributed by atoms with Crippen LogP contribution in [0, 0.1) is 4.64 Å². The molecule has 6 nitrogen and oxygen atoms in total. The molecule has 0 amide bonds. The number of anilines is 2. The van der Waals surface area contributed by atoms with Crippen LogP contribution < -0.4 is 10.5 Å². The van der Waals surface area contributed by atoms with E-state index < -0.39 is 0 Å². The Morgan fingerprint density at radius 2 is 1.86 bits per heavy atom. The molecule has 28 heavy (non-hydrogen) atoms. The molecule has 0 spiro atoms. The molecule has 5 rings (SSSR count). The fourth-order valence-corrected chi connectivity index (χ4v) is 4.13. The quantitative estimate of drug-likeness (QED) is 0.528. The fraction of sp³-hybridized carbons (Fsp3) is 0.143. The van der Waals surface area contributed by atoms with Gasteiger partial charge in [0.1, 0.15) is 16.4 Å². The molecule has 1 unspecified atom stereocenters. The highest BCUT2D eigenvalue weighted by Crippen LogP contribution is 2.36. The molecule has 1 N–H and O–H groups in total. The van der Waals surface area contributed by atoms with Crippen LogP contribution in [0.15, 0.2) is 65.7 Å². The Morgan fingerprint density at radius 1 is 1.11 bits per heavy atom. The number of H-pyrrole nitrogens is 1. The molecule has 7 heteroatoms. The van der Waals surface area contributed by atoms with Crippen LogP contribution in [0.5, 0.6) is 0 Å². The number of aromatic nitrogens is 4. The minimum absolute atomic E-state index is 0.193. The Labute approximate surface area is 166 Å². The van der Waals surface area contributed by atoms with Gasteiger partial charge in [-0.1, -0.05) is 48.6 Å². The molecular weight excluding hydrogens is 370 g/mol. The van der Waals surface area contributed by atoms with Crippen molar-refractivity contribution >= 4 is 34.9 Å². The summed E-state index contributed by atoms with van der Waals surface area (Å²) in [5.41, 5.74) is 3.23. The van der Waals surface area contributed by atoms with Crippen LogP contribution in [0.25, 0.3) is 16.7 Å². The molecule has 2 aromatic carbocycles. The minimum Gasteiger partial charge on any atom is -0.309 e. The first-order valence-electron chi connectivity index (χ1n) is 9.08. The van der Waals surface area contributed by atoms with Crippen LogP contribution in [0.1, 0.15) is 12.5 Å². The van der Waals surface area contributed by atoms with Gasteiger partial charge in [-0.25, -0.2) is 4.98 Å². The molecule has 0 fully saturated rings. The van der Waals surface area contributed by atoms with E-state index in [0.29, 0.717) is 21.6 Å². The Hall–Kier alpha value is -3.32. The normalized spacial score (nSPS) is 15.8. The highest BCUT2D eigenvalue weighted by Gasteiger charge is 2.29. The van der Waals surface area contributed by atoms with Gasteiger partial charge >= 0.3 is 0 Å². The molecule has 0 bridgehead atoms. The molecule has 0 saturated carbocycles. The van der Waals surface area contributed by atoms with Crippen LogP contribution in [0.3, 0.4) is 0 Å². The molecule has 0 aliphatic carbocycles. The van der Waals surface area contributed by atoms with E-state index in [1.54, 1.807) is 10.9 Å². The third kappa shape index (κ3) is 2.55. The molecular formula is C21H17N5OS. The van der Waals surface area contributed by atoms with Gasteiger partial charge < -0.3 is 4.90 Å². The fourth-order valence-electron chi connectivity index (χ4n) is 3.80. The molecule has 0 radical (unpaired) electrons. The number of benzene rings is 2. The van der Waals surface area contributed by atoms with E-state index in [1.165, 1.54) is 5.56 Å². The number of rotatable bonds is 2. The highest BCUT2D eigenvalue weighted by molar-refractivity contribution is 7.71. The number of nitrogens with zero attached hydrogens (tertiary/aromatic N) is 4. The molecule has 1 atom stereocenters. The summed E-state index contributed by atoms with van der Waals surface area (Å²) < 4.78 is 2.12. The maximum absolute atomic E-state index is 12.9. The molecule has 1 aliphatic rings. The van der Waals surface area contributed by atoms with Gasteiger partial charge in [0.05, 0.1) is 0 Å². The largest absolute Gasteiger partial charge is 0.309 e. The average Bonchev–Trinajstić information content (AvgIpc) is 3.04. The monoisotopic (exact) mass is 387 g/mol.